The quantitative estimate of drug-likeness (QED) is 0.791. The number of alkyl halides is 3. The molecule has 0 unspecified atom stereocenters. The van der Waals surface area contributed by atoms with Crippen LogP contribution in [0.15, 0.2) is 18.3 Å². The van der Waals surface area contributed by atoms with Crippen molar-refractivity contribution < 1.29 is 27.9 Å². The number of carboxylic acid groups (broad SMARTS) is 1. The van der Waals surface area contributed by atoms with Crippen LogP contribution in [0.3, 0.4) is 0 Å². The van der Waals surface area contributed by atoms with E-state index < -0.39 is 29.4 Å². The summed E-state index contributed by atoms with van der Waals surface area (Å²) >= 11 is 0. The van der Waals surface area contributed by atoms with E-state index in [0.717, 1.165) is 18.3 Å². The van der Waals surface area contributed by atoms with Crippen molar-refractivity contribution >= 4 is 17.7 Å². The maximum Gasteiger partial charge on any atom is 0.433 e. The Morgan fingerprint density at radius 2 is 1.95 bits per heavy atom. The van der Waals surface area contributed by atoms with Crippen LogP contribution in [0, 0.1) is 0 Å². The normalized spacial score (nSPS) is 16.4. The van der Waals surface area contributed by atoms with Gasteiger partial charge in [-0.1, -0.05) is 0 Å². The van der Waals surface area contributed by atoms with E-state index in [1.807, 2.05) is 0 Å². The van der Waals surface area contributed by atoms with Crippen LogP contribution in [0.1, 0.15) is 18.5 Å². The van der Waals surface area contributed by atoms with Crippen LogP contribution in [0.2, 0.25) is 0 Å². The third-order valence-electron chi connectivity index (χ3n) is 2.84. The molecule has 9 heteroatoms. The van der Waals surface area contributed by atoms with E-state index in [2.05, 4.69) is 15.6 Å². The Labute approximate surface area is 111 Å². The number of pyridine rings is 1. The number of carbonyl (C=O) groups is 2. The van der Waals surface area contributed by atoms with Gasteiger partial charge in [0.25, 0.3) is 0 Å². The van der Waals surface area contributed by atoms with Crippen LogP contribution in [0.25, 0.3) is 0 Å². The van der Waals surface area contributed by atoms with Crippen molar-refractivity contribution in [1.82, 2.24) is 10.3 Å². The molecule has 1 aliphatic rings. The van der Waals surface area contributed by atoms with Gasteiger partial charge in [0.05, 0.1) is 11.9 Å². The van der Waals surface area contributed by atoms with Gasteiger partial charge in [-0.2, -0.15) is 13.2 Å². The average molecular weight is 289 g/mol. The summed E-state index contributed by atoms with van der Waals surface area (Å²) in [5.41, 5.74) is -2.18. The highest BCUT2D eigenvalue weighted by atomic mass is 19.4. The van der Waals surface area contributed by atoms with Gasteiger partial charge >= 0.3 is 12.3 Å². The molecule has 108 valence electrons. The van der Waals surface area contributed by atoms with Gasteiger partial charge in [0.2, 0.25) is 5.91 Å². The van der Waals surface area contributed by atoms with Crippen LogP contribution < -0.4 is 10.6 Å². The Morgan fingerprint density at radius 3 is 2.35 bits per heavy atom. The van der Waals surface area contributed by atoms with E-state index in [1.54, 1.807) is 0 Å². The van der Waals surface area contributed by atoms with E-state index in [1.165, 1.54) is 0 Å². The Bertz CT molecular complexity index is 538. The summed E-state index contributed by atoms with van der Waals surface area (Å²) in [4.78, 5) is 25.6. The van der Waals surface area contributed by atoms with Crippen molar-refractivity contribution in [3.8, 4) is 0 Å². The van der Waals surface area contributed by atoms with Crippen LogP contribution >= 0.6 is 0 Å². The van der Waals surface area contributed by atoms with Gasteiger partial charge in [-0.05, 0) is 25.0 Å². The molecule has 0 radical (unpaired) electrons. The number of carbonyl (C=O) groups excluding carboxylic acids is 1. The van der Waals surface area contributed by atoms with Gasteiger partial charge in [0.1, 0.15) is 11.2 Å². The molecule has 3 N–H and O–H groups in total. The highest BCUT2D eigenvalue weighted by molar-refractivity contribution is 6.01. The maximum absolute atomic E-state index is 12.3. The molecular formula is C11H10F3N3O3. The van der Waals surface area contributed by atoms with E-state index in [0.29, 0.717) is 12.8 Å². The summed E-state index contributed by atoms with van der Waals surface area (Å²) in [6, 6.07) is 1.80. The summed E-state index contributed by atoms with van der Waals surface area (Å²) in [6.07, 6.45) is -4.32. The number of aromatic nitrogens is 1. The first-order valence-electron chi connectivity index (χ1n) is 5.59. The summed E-state index contributed by atoms with van der Waals surface area (Å²) in [7, 11) is 0. The molecule has 1 fully saturated rings. The summed E-state index contributed by atoms with van der Waals surface area (Å²) in [5, 5.41) is 13.0. The number of halogens is 3. The second kappa shape index (κ2) is 4.66. The van der Waals surface area contributed by atoms with E-state index in [4.69, 9.17) is 5.11 Å². The van der Waals surface area contributed by atoms with Crippen LogP contribution in [0.4, 0.5) is 23.7 Å². The molecule has 0 aliphatic heterocycles. The van der Waals surface area contributed by atoms with Crippen molar-refractivity contribution in [3.63, 3.8) is 0 Å². The third kappa shape index (κ3) is 2.98. The van der Waals surface area contributed by atoms with Crippen molar-refractivity contribution in [2.24, 2.45) is 0 Å². The fourth-order valence-electron chi connectivity index (χ4n) is 1.62. The Kier molecular flexibility index (Phi) is 3.28. The number of amides is 2. The minimum atomic E-state index is -4.55. The molecule has 0 atom stereocenters. The van der Waals surface area contributed by atoms with E-state index in [9.17, 15) is 22.8 Å². The SMILES string of the molecule is O=C(O)NC1(C(=O)Nc2ccc(C(F)(F)F)nc2)CC1. The lowest BCUT2D eigenvalue weighted by Gasteiger charge is -2.15. The minimum absolute atomic E-state index is 0.0708. The molecule has 1 saturated carbocycles. The standard InChI is InChI=1S/C11H10F3N3O3/c12-11(13,14)7-2-1-6(5-15-7)16-8(18)10(3-4-10)17-9(19)20/h1-2,5,17H,3-4H2,(H,16,18)(H,19,20). The zero-order valence-corrected chi connectivity index (χ0v) is 9.99. The maximum atomic E-state index is 12.3. The molecule has 0 bridgehead atoms. The molecule has 6 nitrogen and oxygen atoms in total. The molecular weight excluding hydrogens is 279 g/mol. The van der Waals surface area contributed by atoms with Crippen molar-refractivity contribution in [1.29, 1.82) is 0 Å². The number of hydrogen-bond acceptors (Lipinski definition) is 3. The van der Waals surface area contributed by atoms with Gasteiger partial charge in [0, 0.05) is 0 Å². The minimum Gasteiger partial charge on any atom is -0.465 e. The van der Waals surface area contributed by atoms with Gasteiger partial charge in [-0.25, -0.2) is 9.78 Å². The first kappa shape index (κ1) is 14.1. The molecule has 0 saturated heterocycles. The summed E-state index contributed by atoms with van der Waals surface area (Å²) < 4.78 is 36.9. The van der Waals surface area contributed by atoms with Gasteiger partial charge in [-0.3, -0.25) is 4.79 Å². The number of nitrogens with one attached hydrogen (secondary N) is 2. The smallest absolute Gasteiger partial charge is 0.433 e. The fraction of sp³-hybridized carbons (Fsp3) is 0.364. The van der Waals surface area contributed by atoms with Gasteiger partial charge in [0.15, 0.2) is 0 Å². The fourth-order valence-corrected chi connectivity index (χ4v) is 1.62. The largest absolute Gasteiger partial charge is 0.465 e. The molecule has 2 amide bonds. The second-order valence-corrected chi connectivity index (χ2v) is 4.40. The molecule has 0 spiro atoms. The molecule has 2 rings (SSSR count). The van der Waals surface area contributed by atoms with Crippen LogP contribution in [-0.2, 0) is 11.0 Å². The van der Waals surface area contributed by atoms with Gasteiger partial charge < -0.3 is 15.7 Å². The summed E-state index contributed by atoms with van der Waals surface area (Å²) in [6.45, 7) is 0. The predicted octanol–water partition coefficient (Wildman–Crippen LogP) is 1.84. The predicted molar refractivity (Wildman–Crippen MR) is 61.0 cm³/mol. The molecule has 0 aromatic carbocycles. The zero-order valence-electron chi connectivity index (χ0n) is 9.99. The summed E-state index contributed by atoms with van der Waals surface area (Å²) in [5.74, 6) is -0.610. The molecule has 20 heavy (non-hydrogen) atoms. The van der Waals surface area contributed by atoms with Crippen molar-refractivity contribution in [2.45, 2.75) is 24.6 Å². The lowest BCUT2D eigenvalue weighted by atomic mass is 10.2. The Hall–Kier alpha value is -2.32. The molecule has 1 aromatic heterocycles. The first-order chi connectivity index (χ1) is 9.23. The number of nitrogens with zero attached hydrogens (tertiary/aromatic N) is 1. The van der Waals surface area contributed by atoms with Crippen LogP contribution in [0.5, 0.6) is 0 Å². The number of rotatable bonds is 3. The third-order valence-corrected chi connectivity index (χ3v) is 2.84. The average Bonchev–Trinajstić information content (AvgIpc) is 3.08. The van der Waals surface area contributed by atoms with Gasteiger partial charge in [-0.15, -0.1) is 0 Å². The second-order valence-electron chi connectivity index (χ2n) is 4.40. The number of hydrogen-bond donors (Lipinski definition) is 3. The Morgan fingerprint density at radius 1 is 1.30 bits per heavy atom. The number of anilines is 1. The van der Waals surface area contributed by atoms with Crippen molar-refractivity contribution in [3.05, 3.63) is 24.0 Å². The highest BCUT2D eigenvalue weighted by Gasteiger charge is 2.51. The molecule has 1 aromatic rings. The van der Waals surface area contributed by atoms with E-state index >= 15 is 0 Å². The lowest BCUT2D eigenvalue weighted by Crippen LogP contribution is -2.45. The Balaban J connectivity index is 2.04. The van der Waals surface area contributed by atoms with Crippen LogP contribution in [-0.4, -0.2) is 27.6 Å². The highest BCUT2D eigenvalue weighted by Crippen LogP contribution is 2.36. The lowest BCUT2D eigenvalue weighted by molar-refractivity contribution is -0.141. The monoisotopic (exact) mass is 289 g/mol. The topological polar surface area (TPSA) is 91.3 Å². The molecule has 1 aliphatic carbocycles. The zero-order chi connectivity index (χ0) is 15.0. The van der Waals surface area contributed by atoms with Crippen molar-refractivity contribution in [2.75, 3.05) is 5.32 Å². The van der Waals surface area contributed by atoms with E-state index in [-0.39, 0.29) is 5.69 Å². The molecule has 1 heterocycles. The first-order valence-corrected chi connectivity index (χ1v) is 5.59.